The Morgan fingerprint density at radius 3 is 2.59 bits per heavy atom. The molecule has 9 nitrogen and oxygen atoms in total. The number of nitrogens with zero attached hydrogens (tertiary/aromatic N) is 3. The third kappa shape index (κ3) is 6.45. The zero-order valence-electron chi connectivity index (χ0n) is 19.8. The molecule has 1 aliphatic heterocycles. The van der Waals surface area contributed by atoms with Crippen molar-refractivity contribution < 1.29 is 24.6 Å². The number of benzene rings is 1. The van der Waals surface area contributed by atoms with Gasteiger partial charge in [0.1, 0.15) is 17.7 Å². The topological polar surface area (TPSA) is 115 Å². The minimum atomic E-state index is -1.63. The summed E-state index contributed by atoms with van der Waals surface area (Å²) in [7, 11) is 0. The molecule has 0 radical (unpaired) electrons. The molecule has 3 N–H and O–H groups in total. The summed E-state index contributed by atoms with van der Waals surface area (Å²) in [5.74, 6) is -0.546. The number of hydrogen-bond donors (Lipinski definition) is 3. The predicted octanol–water partition coefficient (Wildman–Crippen LogP) is 2.02. The standard InChI is InChI=1S/C25H34N4O5/c1-3-34-20-12-10-19(11-13-20)7-6-8-21(23(30)24(31)27-33)25(32)29-16-15-28(17-18(29)2)22-9-4-5-14-26-22/h4-5,9-14,18,21,23,30,33H,3,6-8,15-17H2,1-2H3,(H,27,31)/t18-,21+,23+/m1/s1. The number of amides is 2. The van der Waals surface area contributed by atoms with Crippen molar-refractivity contribution in [2.24, 2.45) is 5.92 Å². The fourth-order valence-electron chi connectivity index (χ4n) is 4.36. The molecule has 0 aliphatic carbocycles. The van der Waals surface area contributed by atoms with Gasteiger partial charge in [-0.05, 0) is 62.9 Å². The molecule has 1 aromatic heterocycles. The quantitative estimate of drug-likeness (QED) is 0.359. The Morgan fingerprint density at radius 1 is 1.21 bits per heavy atom. The van der Waals surface area contributed by atoms with Gasteiger partial charge in [-0.3, -0.25) is 14.8 Å². The number of hydroxylamine groups is 1. The van der Waals surface area contributed by atoms with Crippen LogP contribution in [0.4, 0.5) is 5.82 Å². The van der Waals surface area contributed by atoms with E-state index in [0.29, 0.717) is 45.5 Å². The number of ether oxygens (including phenoxy) is 1. The van der Waals surface area contributed by atoms with E-state index in [9.17, 15) is 14.7 Å². The Hall–Kier alpha value is -3.17. The summed E-state index contributed by atoms with van der Waals surface area (Å²) in [5, 5.41) is 19.6. The number of anilines is 1. The molecular formula is C25H34N4O5. The van der Waals surface area contributed by atoms with Crippen molar-refractivity contribution in [2.45, 2.75) is 45.3 Å². The average Bonchev–Trinajstić information content (AvgIpc) is 2.87. The van der Waals surface area contributed by atoms with E-state index < -0.39 is 17.9 Å². The second-order valence-corrected chi connectivity index (χ2v) is 8.51. The molecule has 0 spiro atoms. The van der Waals surface area contributed by atoms with Crippen molar-refractivity contribution in [2.75, 3.05) is 31.1 Å². The third-order valence-electron chi connectivity index (χ3n) is 6.18. The maximum absolute atomic E-state index is 13.4. The van der Waals surface area contributed by atoms with E-state index in [-0.39, 0.29) is 11.9 Å². The van der Waals surface area contributed by atoms with Crippen molar-refractivity contribution in [1.82, 2.24) is 15.4 Å². The highest BCUT2D eigenvalue weighted by molar-refractivity contribution is 5.89. The summed E-state index contributed by atoms with van der Waals surface area (Å²) in [6.07, 6.45) is 1.71. The molecule has 0 bridgehead atoms. The van der Waals surface area contributed by atoms with E-state index in [1.54, 1.807) is 11.1 Å². The first-order chi connectivity index (χ1) is 16.4. The Balaban J connectivity index is 1.63. The lowest BCUT2D eigenvalue weighted by Crippen LogP contribution is -2.57. The SMILES string of the molecule is CCOc1ccc(CCC[C@H](C(=O)N2CCN(c3ccccn3)C[C@H]2C)[C@H](O)C(=O)NO)cc1. The summed E-state index contributed by atoms with van der Waals surface area (Å²) in [5.41, 5.74) is 2.56. The van der Waals surface area contributed by atoms with Gasteiger partial charge in [0, 0.05) is 31.9 Å². The Morgan fingerprint density at radius 2 is 1.97 bits per heavy atom. The molecule has 0 saturated carbocycles. The van der Waals surface area contributed by atoms with Crippen molar-refractivity contribution in [1.29, 1.82) is 0 Å². The van der Waals surface area contributed by atoms with E-state index in [4.69, 9.17) is 9.94 Å². The fraction of sp³-hybridized carbons (Fsp3) is 0.480. The first-order valence-electron chi connectivity index (χ1n) is 11.7. The van der Waals surface area contributed by atoms with E-state index in [1.165, 1.54) is 5.48 Å². The van der Waals surface area contributed by atoms with E-state index in [2.05, 4.69) is 9.88 Å². The van der Waals surface area contributed by atoms with Crippen LogP contribution >= 0.6 is 0 Å². The minimum absolute atomic E-state index is 0.124. The highest BCUT2D eigenvalue weighted by atomic mass is 16.5. The lowest BCUT2D eigenvalue weighted by atomic mass is 9.91. The van der Waals surface area contributed by atoms with E-state index in [1.807, 2.05) is 56.3 Å². The molecule has 184 valence electrons. The summed E-state index contributed by atoms with van der Waals surface area (Å²) in [6.45, 7) is 6.14. The van der Waals surface area contributed by atoms with E-state index >= 15 is 0 Å². The molecule has 0 unspecified atom stereocenters. The first kappa shape index (κ1) is 25.5. The first-order valence-corrected chi connectivity index (χ1v) is 11.7. The van der Waals surface area contributed by atoms with Gasteiger partial charge in [-0.2, -0.15) is 0 Å². The molecule has 1 aromatic carbocycles. The predicted molar refractivity (Wildman–Crippen MR) is 128 cm³/mol. The number of carbonyl (C=O) groups excluding carboxylic acids is 2. The number of aryl methyl sites for hydroxylation is 1. The van der Waals surface area contributed by atoms with Crippen LogP contribution in [0.1, 0.15) is 32.3 Å². The van der Waals surface area contributed by atoms with Crippen LogP contribution in [0.3, 0.4) is 0 Å². The Labute approximate surface area is 200 Å². The summed E-state index contributed by atoms with van der Waals surface area (Å²) >= 11 is 0. The number of pyridine rings is 1. The van der Waals surface area contributed by atoms with Crippen LogP contribution in [0.25, 0.3) is 0 Å². The number of carbonyl (C=O) groups is 2. The number of aliphatic hydroxyl groups excluding tert-OH is 1. The average molecular weight is 471 g/mol. The maximum Gasteiger partial charge on any atom is 0.272 e. The van der Waals surface area contributed by atoms with Crippen LogP contribution < -0.4 is 15.1 Å². The van der Waals surface area contributed by atoms with Crippen molar-refractivity contribution in [3.63, 3.8) is 0 Å². The van der Waals surface area contributed by atoms with E-state index in [0.717, 1.165) is 17.1 Å². The van der Waals surface area contributed by atoms with Gasteiger partial charge < -0.3 is 19.6 Å². The maximum atomic E-state index is 13.4. The van der Waals surface area contributed by atoms with Gasteiger partial charge in [-0.1, -0.05) is 18.2 Å². The molecule has 1 fully saturated rings. The van der Waals surface area contributed by atoms with Gasteiger partial charge in [0.15, 0.2) is 0 Å². The molecular weight excluding hydrogens is 436 g/mol. The smallest absolute Gasteiger partial charge is 0.272 e. The Kier molecular flexibility index (Phi) is 9.24. The number of nitrogens with one attached hydrogen (secondary N) is 1. The molecule has 34 heavy (non-hydrogen) atoms. The number of rotatable bonds is 10. The largest absolute Gasteiger partial charge is 0.494 e. The zero-order chi connectivity index (χ0) is 24.5. The van der Waals surface area contributed by atoms with Gasteiger partial charge >= 0.3 is 0 Å². The van der Waals surface area contributed by atoms with Gasteiger partial charge in [0.05, 0.1) is 12.5 Å². The highest BCUT2D eigenvalue weighted by Gasteiger charge is 2.38. The van der Waals surface area contributed by atoms with Gasteiger partial charge in [0.2, 0.25) is 5.91 Å². The second-order valence-electron chi connectivity index (χ2n) is 8.51. The zero-order valence-corrected chi connectivity index (χ0v) is 19.8. The second kappa shape index (κ2) is 12.3. The number of aliphatic hydroxyl groups is 1. The van der Waals surface area contributed by atoms with Crippen molar-refractivity contribution in [3.8, 4) is 5.75 Å². The molecule has 2 aromatic rings. The Bertz CT molecular complexity index is 925. The van der Waals surface area contributed by atoms with Crippen LogP contribution in [0.5, 0.6) is 5.75 Å². The number of aromatic nitrogens is 1. The molecule has 1 saturated heterocycles. The molecule has 3 atom stereocenters. The van der Waals surface area contributed by atoms with Crippen LogP contribution in [0.2, 0.25) is 0 Å². The third-order valence-corrected chi connectivity index (χ3v) is 6.18. The van der Waals surface area contributed by atoms with Crippen LogP contribution in [-0.2, 0) is 16.0 Å². The molecule has 1 aliphatic rings. The fourth-order valence-corrected chi connectivity index (χ4v) is 4.36. The monoisotopic (exact) mass is 470 g/mol. The lowest BCUT2D eigenvalue weighted by Gasteiger charge is -2.42. The minimum Gasteiger partial charge on any atom is -0.494 e. The lowest BCUT2D eigenvalue weighted by molar-refractivity contribution is -0.152. The summed E-state index contributed by atoms with van der Waals surface area (Å²) < 4.78 is 5.46. The van der Waals surface area contributed by atoms with Crippen molar-refractivity contribution >= 4 is 17.6 Å². The molecule has 2 amide bonds. The van der Waals surface area contributed by atoms with Crippen LogP contribution in [0.15, 0.2) is 48.7 Å². The number of hydrogen-bond acceptors (Lipinski definition) is 7. The summed E-state index contributed by atoms with van der Waals surface area (Å²) in [6, 6.07) is 13.3. The molecule has 9 heteroatoms. The highest BCUT2D eigenvalue weighted by Crippen LogP contribution is 2.23. The normalized spacial score (nSPS) is 17.7. The van der Waals surface area contributed by atoms with Gasteiger partial charge in [-0.25, -0.2) is 10.5 Å². The van der Waals surface area contributed by atoms with Crippen LogP contribution in [0, 0.1) is 5.92 Å². The van der Waals surface area contributed by atoms with Crippen molar-refractivity contribution in [3.05, 3.63) is 54.2 Å². The molecule has 3 rings (SSSR count). The van der Waals surface area contributed by atoms with Gasteiger partial charge in [0.25, 0.3) is 5.91 Å². The number of piperazine rings is 1. The van der Waals surface area contributed by atoms with Gasteiger partial charge in [-0.15, -0.1) is 0 Å². The van der Waals surface area contributed by atoms with Crippen LogP contribution in [-0.4, -0.2) is 70.4 Å². The molecule has 2 heterocycles. The summed E-state index contributed by atoms with van der Waals surface area (Å²) in [4.78, 5) is 33.6.